The lowest BCUT2D eigenvalue weighted by Crippen LogP contribution is -1.88. The zero-order valence-electron chi connectivity index (χ0n) is 10.5. The van der Waals surface area contributed by atoms with E-state index in [0.717, 1.165) is 22.6 Å². The second kappa shape index (κ2) is 5.28. The van der Waals surface area contributed by atoms with E-state index < -0.39 is 0 Å². The van der Waals surface area contributed by atoms with Gasteiger partial charge in [0.25, 0.3) is 0 Å². The molecule has 94 valence electrons. The number of allylic oxidation sites excluding steroid dienone is 3. The molecule has 0 fully saturated rings. The molecule has 0 spiro atoms. The third kappa shape index (κ3) is 2.43. The van der Waals surface area contributed by atoms with Gasteiger partial charge in [-0.1, -0.05) is 18.2 Å². The van der Waals surface area contributed by atoms with Crippen LogP contribution in [0.15, 0.2) is 48.7 Å². The Hall–Kier alpha value is -2.73. The summed E-state index contributed by atoms with van der Waals surface area (Å²) in [5, 5.41) is 29.6. The minimum absolute atomic E-state index is 0.147. The van der Waals surface area contributed by atoms with Gasteiger partial charge in [-0.3, -0.25) is 0 Å². The maximum atomic E-state index is 9.52. The maximum absolute atomic E-state index is 9.52. The van der Waals surface area contributed by atoms with Crippen LogP contribution in [0.5, 0.6) is 5.75 Å². The highest BCUT2D eigenvalue weighted by molar-refractivity contribution is 5.97. The number of benzene rings is 2. The fourth-order valence-corrected chi connectivity index (χ4v) is 2.04. The summed E-state index contributed by atoms with van der Waals surface area (Å²) in [5.74, 6) is 0.147. The molecule has 3 heteroatoms. The number of aromatic hydroxyl groups is 1. The van der Waals surface area contributed by atoms with Crippen molar-refractivity contribution in [3.8, 4) is 11.8 Å². The number of fused-ring (bicyclic) bond motifs is 1. The predicted octanol–water partition coefficient (Wildman–Crippen LogP) is 3.89. The molecular formula is C16H13NO2. The Morgan fingerprint density at radius 1 is 1.26 bits per heavy atom. The summed E-state index contributed by atoms with van der Waals surface area (Å²) in [5.41, 5.74) is 1.86. The number of hydrogen-bond acceptors (Lipinski definition) is 3. The molecule has 0 aliphatic carbocycles. The van der Waals surface area contributed by atoms with Crippen LogP contribution in [0.25, 0.3) is 16.3 Å². The first-order valence-electron chi connectivity index (χ1n) is 5.84. The predicted molar refractivity (Wildman–Crippen MR) is 75.7 cm³/mol. The molecule has 0 aliphatic rings. The topological polar surface area (TPSA) is 64.2 Å². The number of nitrogens with zero attached hydrogens (tertiary/aromatic N) is 1. The Morgan fingerprint density at radius 2 is 2.05 bits per heavy atom. The van der Waals surface area contributed by atoms with Gasteiger partial charge in [-0.25, -0.2) is 0 Å². The van der Waals surface area contributed by atoms with Crippen molar-refractivity contribution >= 4 is 16.3 Å². The summed E-state index contributed by atoms with van der Waals surface area (Å²) < 4.78 is 0. The second-order valence-corrected chi connectivity index (χ2v) is 4.13. The quantitative estimate of drug-likeness (QED) is 0.628. The molecule has 0 aliphatic heterocycles. The molecule has 0 unspecified atom stereocenters. The van der Waals surface area contributed by atoms with E-state index in [1.54, 1.807) is 36.4 Å². The van der Waals surface area contributed by atoms with Gasteiger partial charge in [-0.2, -0.15) is 5.26 Å². The lowest BCUT2D eigenvalue weighted by molar-refractivity contribution is 0.476. The highest BCUT2D eigenvalue weighted by Crippen LogP contribution is 2.29. The molecule has 0 aromatic heterocycles. The van der Waals surface area contributed by atoms with Crippen molar-refractivity contribution in [3.63, 3.8) is 0 Å². The van der Waals surface area contributed by atoms with Gasteiger partial charge in [0.05, 0.1) is 17.9 Å². The van der Waals surface area contributed by atoms with Crippen LogP contribution < -0.4 is 0 Å². The van der Waals surface area contributed by atoms with Crippen LogP contribution in [-0.4, -0.2) is 10.2 Å². The first-order valence-corrected chi connectivity index (χ1v) is 5.84. The number of phenols is 1. The molecule has 19 heavy (non-hydrogen) atoms. The minimum atomic E-state index is 0.147. The van der Waals surface area contributed by atoms with Crippen LogP contribution in [0, 0.1) is 11.3 Å². The molecule has 0 amide bonds. The van der Waals surface area contributed by atoms with Gasteiger partial charge in [-0.15, -0.1) is 0 Å². The van der Waals surface area contributed by atoms with Crippen molar-refractivity contribution in [2.45, 2.75) is 6.92 Å². The average Bonchev–Trinajstić information content (AvgIpc) is 2.43. The zero-order chi connectivity index (χ0) is 13.8. The number of aliphatic hydroxyl groups is 1. The molecule has 2 aromatic rings. The molecule has 0 radical (unpaired) electrons. The molecule has 3 nitrogen and oxygen atoms in total. The van der Waals surface area contributed by atoms with Crippen molar-refractivity contribution in [2.75, 3.05) is 0 Å². The van der Waals surface area contributed by atoms with Crippen LogP contribution in [-0.2, 0) is 0 Å². The SMILES string of the molecule is C/C=C\C(=C/O)c1cc(C#N)cc2cc(O)ccc12. The molecule has 0 bridgehead atoms. The minimum Gasteiger partial charge on any atom is -0.515 e. The highest BCUT2D eigenvalue weighted by Gasteiger charge is 2.08. The van der Waals surface area contributed by atoms with E-state index in [1.807, 2.05) is 13.0 Å². The average molecular weight is 251 g/mol. The molecule has 2 aromatic carbocycles. The Balaban J connectivity index is 2.82. The second-order valence-electron chi connectivity index (χ2n) is 4.13. The Kier molecular flexibility index (Phi) is 3.53. The van der Waals surface area contributed by atoms with E-state index in [4.69, 9.17) is 5.26 Å². The summed E-state index contributed by atoms with van der Waals surface area (Å²) in [4.78, 5) is 0. The summed E-state index contributed by atoms with van der Waals surface area (Å²) >= 11 is 0. The Bertz CT molecular complexity index is 721. The Labute approximate surface area is 111 Å². The van der Waals surface area contributed by atoms with E-state index >= 15 is 0 Å². The third-order valence-electron chi connectivity index (χ3n) is 2.86. The van der Waals surface area contributed by atoms with Gasteiger partial charge >= 0.3 is 0 Å². The normalized spacial score (nSPS) is 11.9. The van der Waals surface area contributed by atoms with Crippen LogP contribution in [0.2, 0.25) is 0 Å². The summed E-state index contributed by atoms with van der Waals surface area (Å²) in [6.45, 7) is 1.85. The van der Waals surface area contributed by atoms with Gasteiger partial charge in [0.1, 0.15) is 5.75 Å². The molecule has 0 saturated carbocycles. The van der Waals surface area contributed by atoms with Crippen LogP contribution in [0.4, 0.5) is 0 Å². The molecule has 0 saturated heterocycles. The van der Waals surface area contributed by atoms with E-state index in [1.165, 1.54) is 0 Å². The molecule has 2 N–H and O–H groups in total. The number of nitriles is 1. The maximum Gasteiger partial charge on any atom is 0.116 e. The third-order valence-corrected chi connectivity index (χ3v) is 2.86. The fraction of sp³-hybridized carbons (Fsp3) is 0.0625. The van der Waals surface area contributed by atoms with E-state index in [2.05, 4.69) is 6.07 Å². The largest absolute Gasteiger partial charge is 0.515 e. The van der Waals surface area contributed by atoms with Crippen molar-refractivity contribution in [1.29, 1.82) is 5.26 Å². The standard InChI is InChI=1S/C16H13NO2/c1-2-3-12(10-18)16-7-11(9-17)6-13-8-14(19)4-5-15(13)16/h2-8,10,18-19H,1H3/b3-2-,12-10+. The van der Waals surface area contributed by atoms with E-state index in [0.29, 0.717) is 11.1 Å². The van der Waals surface area contributed by atoms with Crippen LogP contribution in [0.3, 0.4) is 0 Å². The van der Waals surface area contributed by atoms with Crippen LogP contribution in [0.1, 0.15) is 18.1 Å². The van der Waals surface area contributed by atoms with Crippen molar-refractivity contribution in [3.05, 3.63) is 59.9 Å². The number of rotatable bonds is 2. The van der Waals surface area contributed by atoms with E-state index in [-0.39, 0.29) is 5.75 Å². The molecule has 0 heterocycles. The zero-order valence-corrected chi connectivity index (χ0v) is 10.5. The molecule has 2 rings (SSSR count). The van der Waals surface area contributed by atoms with Gasteiger partial charge in [0.2, 0.25) is 0 Å². The van der Waals surface area contributed by atoms with E-state index in [9.17, 15) is 10.2 Å². The van der Waals surface area contributed by atoms with Crippen molar-refractivity contribution < 1.29 is 10.2 Å². The van der Waals surface area contributed by atoms with Crippen molar-refractivity contribution in [2.24, 2.45) is 0 Å². The van der Waals surface area contributed by atoms with Gasteiger partial charge in [0, 0.05) is 5.57 Å². The smallest absolute Gasteiger partial charge is 0.116 e. The number of aliphatic hydroxyl groups excluding tert-OH is 1. The first-order chi connectivity index (χ1) is 9.19. The highest BCUT2D eigenvalue weighted by atomic mass is 16.3. The molecular weight excluding hydrogens is 238 g/mol. The monoisotopic (exact) mass is 251 g/mol. The Morgan fingerprint density at radius 3 is 2.68 bits per heavy atom. The summed E-state index contributed by atoms with van der Waals surface area (Å²) in [7, 11) is 0. The summed E-state index contributed by atoms with van der Waals surface area (Å²) in [6.07, 6.45) is 4.60. The lowest BCUT2D eigenvalue weighted by atomic mass is 9.96. The summed E-state index contributed by atoms with van der Waals surface area (Å²) in [6, 6.07) is 10.5. The number of hydrogen-bond donors (Lipinski definition) is 2. The lowest BCUT2D eigenvalue weighted by Gasteiger charge is -2.08. The van der Waals surface area contributed by atoms with Gasteiger partial charge in [-0.05, 0) is 47.5 Å². The first kappa shape index (κ1) is 12.7. The van der Waals surface area contributed by atoms with Crippen molar-refractivity contribution in [1.82, 2.24) is 0 Å². The van der Waals surface area contributed by atoms with Crippen LogP contribution >= 0.6 is 0 Å². The van der Waals surface area contributed by atoms with Gasteiger partial charge < -0.3 is 10.2 Å². The molecule has 0 atom stereocenters. The fourth-order valence-electron chi connectivity index (χ4n) is 2.04. The number of phenolic OH excluding ortho intramolecular Hbond substituents is 1. The van der Waals surface area contributed by atoms with Gasteiger partial charge in [0.15, 0.2) is 0 Å².